The largest absolute Gasteiger partial charge is 0.490 e. The van der Waals surface area contributed by atoms with Crippen molar-refractivity contribution in [3.8, 4) is 11.5 Å². The zero-order valence-electron chi connectivity index (χ0n) is 15.2. The van der Waals surface area contributed by atoms with Gasteiger partial charge in [0, 0.05) is 19.6 Å². The Balaban J connectivity index is 1.69. The molecule has 4 atom stereocenters. The number of hydrogen-bond donors (Lipinski definition) is 1. The zero-order chi connectivity index (χ0) is 18.8. The van der Waals surface area contributed by atoms with Gasteiger partial charge < -0.3 is 20.1 Å². The van der Waals surface area contributed by atoms with E-state index in [4.69, 9.17) is 10.5 Å². The van der Waals surface area contributed by atoms with Crippen LogP contribution < -0.4 is 15.2 Å². The minimum Gasteiger partial charge on any atom is -0.490 e. The second-order valence-electron chi connectivity index (χ2n) is 7.22. The quantitative estimate of drug-likeness (QED) is 0.804. The van der Waals surface area contributed by atoms with Crippen molar-refractivity contribution in [2.45, 2.75) is 45.4 Å². The number of amides is 1. The van der Waals surface area contributed by atoms with Crippen LogP contribution in [0.4, 0.5) is 8.78 Å². The number of halogens is 2. The Morgan fingerprint density at radius 1 is 1.31 bits per heavy atom. The number of nitrogens with two attached hydrogens (primary N) is 1. The summed E-state index contributed by atoms with van der Waals surface area (Å²) in [6.45, 7) is -0.444. The van der Waals surface area contributed by atoms with Crippen LogP contribution in [0.1, 0.15) is 31.7 Å². The van der Waals surface area contributed by atoms with Gasteiger partial charge in [0.25, 0.3) is 0 Å². The van der Waals surface area contributed by atoms with Crippen LogP contribution in [-0.4, -0.2) is 37.1 Å². The lowest BCUT2D eigenvalue weighted by atomic mass is 9.84. The van der Waals surface area contributed by atoms with E-state index in [0.717, 1.165) is 24.8 Å². The van der Waals surface area contributed by atoms with E-state index in [1.807, 2.05) is 0 Å². The maximum atomic E-state index is 12.9. The topological polar surface area (TPSA) is 64.8 Å². The van der Waals surface area contributed by atoms with E-state index < -0.39 is 6.61 Å². The molecule has 1 aromatic rings. The molecule has 0 saturated heterocycles. The molecule has 0 aromatic heterocycles. The van der Waals surface area contributed by atoms with Crippen molar-refractivity contribution in [2.75, 3.05) is 13.7 Å². The van der Waals surface area contributed by atoms with Crippen molar-refractivity contribution < 1.29 is 23.0 Å². The van der Waals surface area contributed by atoms with Gasteiger partial charge in [-0.1, -0.05) is 6.07 Å². The molecule has 5 nitrogen and oxygen atoms in total. The lowest BCUT2D eigenvalue weighted by Crippen LogP contribution is -2.45. The molecule has 2 aliphatic carbocycles. The number of carbonyl (C=O) groups is 1. The Bertz CT molecular complexity index is 654. The van der Waals surface area contributed by atoms with Crippen molar-refractivity contribution in [1.29, 1.82) is 0 Å². The molecule has 1 aromatic carbocycles. The molecule has 0 radical (unpaired) electrons. The van der Waals surface area contributed by atoms with Crippen molar-refractivity contribution in [3.05, 3.63) is 23.8 Å². The highest BCUT2D eigenvalue weighted by Gasteiger charge is 2.49. The van der Waals surface area contributed by atoms with E-state index in [0.29, 0.717) is 25.0 Å². The number of benzene rings is 1. The first-order valence-electron chi connectivity index (χ1n) is 9.11. The molecular formula is C19H26F2N2O3. The molecule has 2 N–H and O–H groups in total. The molecule has 0 spiro atoms. The van der Waals surface area contributed by atoms with Gasteiger partial charge >= 0.3 is 6.61 Å². The number of hydrogen-bond acceptors (Lipinski definition) is 4. The standard InChI is InChI=1S/C19H26F2N2O3/c1-3-25-15-8-11(4-7-14(15)26-19(20)21)10-23(2)18(24)16-12-5-6-13(9-12)17(16)22/h4,7-8,12-13,16-17,19H,3,5-6,9-10,22H2,1-2H3. The molecule has 2 aliphatic rings. The smallest absolute Gasteiger partial charge is 0.387 e. The van der Waals surface area contributed by atoms with Gasteiger partial charge in [-0.15, -0.1) is 0 Å². The second kappa shape index (κ2) is 7.78. The summed E-state index contributed by atoms with van der Waals surface area (Å²) in [7, 11) is 1.75. The summed E-state index contributed by atoms with van der Waals surface area (Å²) in [4.78, 5) is 14.5. The van der Waals surface area contributed by atoms with Crippen LogP contribution in [-0.2, 0) is 11.3 Å². The number of alkyl halides is 2. The fraction of sp³-hybridized carbons (Fsp3) is 0.632. The Morgan fingerprint density at radius 2 is 2.04 bits per heavy atom. The van der Waals surface area contributed by atoms with Crippen LogP contribution in [0.25, 0.3) is 0 Å². The molecule has 0 heterocycles. The van der Waals surface area contributed by atoms with Crippen molar-refractivity contribution in [1.82, 2.24) is 4.90 Å². The third kappa shape index (κ3) is 3.77. The molecular weight excluding hydrogens is 342 g/mol. The summed E-state index contributed by atoms with van der Waals surface area (Å²) < 4.78 is 34.9. The van der Waals surface area contributed by atoms with Gasteiger partial charge in [0.05, 0.1) is 12.5 Å². The van der Waals surface area contributed by atoms with Gasteiger partial charge in [-0.2, -0.15) is 8.78 Å². The van der Waals surface area contributed by atoms with E-state index in [1.165, 1.54) is 6.07 Å². The maximum Gasteiger partial charge on any atom is 0.387 e. The van der Waals surface area contributed by atoms with Gasteiger partial charge in [-0.05, 0) is 55.7 Å². The van der Waals surface area contributed by atoms with E-state index in [-0.39, 0.29) is 29.4 Å². The van der Waals surface area contributed by atoms with Crippen molar-refractivity contribution in [2.24, 2.45) is 23.5 Å². The number of rotatable bonds is 7. The Hall–Kier alpha value is -1.89. The third-order valence-electron chi connectivity index (χ3n) is 5.59. The van der Waals surface area contributed by atoms with E-state index in [2.05, 4.69) is 4.74 Å². The first kappa shape index (κ1) is 18.9. The van der Waals surface area contributed by atoms with Gasteiger partial charge in [-0.25, -0.2) is 0 Å². The number of nitrogens with zero attached hydrogens (tertiary/aromatic N) is 1. The summed E-state index contributed by atoms with van der Waals surface area (Å²) in [6.07, 6.45) is 3.26. The van der Waals surface area contributed by atoms with E-state index >= 15 is 0 Å². The molecule has 0 aliphatic heterocycles. The molecule has 144 valence electrons. The maximum absolute atomic E-state index is 12.9. The minimum atomic E-state index is -2.91. The van der Waals surface area contributed by atoms with Gasteiger partial charge in [0.15, 0.2) is 11.5 Å². The molecule has 2 saturated carbocycles. The predicted molar refractivity (Wildman–Crippen MR) is 93.0 cm³/mol. The number of carbonyl (C=O) groups excluding carboxylic acids is 1. The summed E-state index contributed by atoms with van der Waals surface area (Å²) in [6, 6.07) is 4.72. The van der Waals surface area contributed by atoms with E-state index in [9.17, 15) is 13.6 Å². The third-order valence-corrected chi connectivity index (χ3v) is 5.59. The lowest BCUT2D eigenvalue weighted by molar-refractivity contribution is -0.137. The fourth-order valence-electron chi connectivity index (χ4n) is 4.42. The molecule has 7 heteroatoms. The molecule has 3 rings (SSSR count). The van der Waals surface area contributed by atoms with Crippen LogP contribution >= 0.6 is 0 Å². The highest BCUT2D eigenvalue weighted by molar-refractivity contribution is 5.80. The van der Waals surface area contributed by atoms with Gasteiger partial charge in [0.1, 0.15) is 0 Å². The Kier molecular flexibility index (Phi) is 5.65. The first-order chi connectivity index (χ1) is 12.4. The first-order valence-corrected chi connectivity index (χ1v) is 9.11. The Labute approximate surface area is 152 Å². The molecule has 2 fully saturated rings. The molecule has 1 amide bonds. The highest BCUT2D eigenvalue weighted by atomic mass is 19.3. The monoisotopic (exact) mass is 368 g/mol. The summed E-state index contributed by atoms with van der Waals surface area (Å²) in [5.74, 6) is 1.07. The van der Waals surface area contributed by atoms with Gasteiger partial charge in [0.2, 0.25) is 5.91 Å². The normalized spacial score (nSPS) is 27.0. The Morgan fingerprint density at radius 3 is 2.65 bits per heavy atom. The molecule has 4 unspecified atom stereocenters. The number of ether oxygens (including phenoxy) is 2. The molecule has 26 heavy (non-hydrogen) atoms. The minimum absolute atomic E-state index is 0.00490. The average Bonchev–Trinajstić information content (AvgIpc) is 3.17. The van der Waals surface area contributed by atoms with Crippen LogP contribution in [0.3, 0.4) is 0 Å². The van der Waals surface area contributed by atoms with Gasteiger partial charge in [-0.3, -0.25) is 4.79 Å². The predicted octanol–water partition coefficient (Wildman–Crippen LogP) is 3.02. The number of fused-ring (bicyclic) bond motifs is 2. The van der Waals surface area contributed by atoms with Crippen LogP contribution in [0.5, 0.6) is 11.5 Å². The summed E-state index contributed by atoms with van der Waals surface area (Å²) in [5, 5.41) is 0. The summed E-state index contributed by atoms with van der Waals surface area (Å²) in [5.41, 5.74) is 7.07. The molecule has 2 bridgehead atoms. The van der Waals surface area contributed by atoms with Crippen molar-refractivity contribution >= 4 is 5.91 Å². The van der Waals surface area contributed by atoms with Crippen LogP contribution in [0.2, 0.25) is 0 Å². The summed E-state index contributed by atoms with van der Waals surface area (Å²) >= 11 is 0. The highest BCUT2D eigenvalue weighted by Crippen LogP contribution is 2.48. The van der Waals surface area contributed by atoms with Crippen LogP contribution in [0, 0.1) is 17.8 Å². The van der Waals surface area contributed by atoms with Crippen LogP contribution in [0.15, 0.2) is 18.2 Å². The average molecular weight is 368 g/mol. The SMILES string of the molecule is CCOc1cc(CN(C)C(=O)C2C3CCC(C3)C2N)ccc1OC(F)F. The second-order valence-corrected chi connectivity index (χ2v) is 7.22. The zero-order valence-corrected chi connectivity index (χ0v) is 15.2. The fourth-order valence-corrected chi connectivity index (χ4v) is 4.42. The van der Waals surface area contributed by atoms with Crippen molar-refractivity contribution in [3.63, 3.8) is 0 Å². The lowest BCUT2D eigenvalue weighted by Gasteiger charge is -2.31. The van der Waals surface area contributed by atoms with E-state index in [1.54, 1.807) is 31.0 Å².